The Morgan fingerprint density at radius 3 is 2.45 bits per heavy atom. The molecule has 1 aliphatic rings. The van der Waals surface area contributed by atoms with Gasteiger partial charge >= 0.3 is 0 Å². The molecule has 0 unspecified atom stereocenters. The van der Waals surface area contributed by atoms with E-state index in [0.29, 0.717) is 0 Å². The quantitative estimate of drug-likeness (QED) is 0.781. The average Bonchev–Trinajstić information content (AvgIpc) is 2.53. The van der Waals surface area contributed by atoms with E-state index in [0.717, 1.165) is 40.7 Å². The lowest BCUT2D eigenvalue weighted by Crippen LogP contribution is -2.32. The first kappa shape index (κ1) is 13.2. The van der Waals surface area contributed by atoms with Gasteiger partial charge in [0.2, 0.25) is 0 Å². The number of fused-ring (bicyclic) bond motifs is 1. The summed E-state index contributed by atoms with van der Waals surface area (Å²) in [5, 5.41) is 0.996. The van der Waals surface area contributed by atoms with Crippen molar-refractivity contribution in [2.24, 2.45) is 0 Å². The number of anilines is 1. The molecule has 0 radical (unpaired) electrons. The summed E-state index contributed by atoms with van der Waals surface area (Å²) in [5.41, 5.74) is 11.6. The lowest BCUT2D eigenvalue weighted by Gasteiger charge is -2.41. The normalized spacial score (nSPS) is 16.4. The van der Waals surface area contributed by atoms with Crippen LogP contribution in [0.2, 0.25) is 0 Å². The van der Waals surface area contributed by atoms with Crippen molar-refractivity contribution in [3.63, 3.8) is 0 Å². The van der Waals surface area contributed by atoms with E-state index in [1.165, 1.54) is 12.0 Å². The highest BCUT2D eigenvalue weighted by Gasteiger charge is 2.38. The van der Waals surface area contributed by atoms with Crippen LogP contribution in [0.5, 0.6) is 0 Å². The van der Waals surface area contributed by atoms with Crippen molar-refractivity contribution < 1.29 is 0 Å². The predicted octanol–water partition coefficient (Wildman–Crippen LogP) is 3.72. The molecule has 0 aromatic carbocycles. The van der Waals surface area contributed by atoms with E-state index in [1.54, 1.807) is 24.8 Å². The summed E-state index contributed by atoms with van der Waals surface area (Å²) in [6.07, 6.45) is 10.7. The maximum atomic E-state index is 6.57. The number of hydrogen-bond acceptors (Lipinski definition) is 4. The zero-order valence-electron chi connectivity index (χ0n) is 12.6. The summed E-state index contributed by atoms with van der Waals surface area (Å²) in [6, 6.07) is 5.95. The Morgan fingerprint density at radius 2 is 1.77 bits per heavy atom. The van der Waals surface area contributed by atoms with E-state index in [-0.39, 0.29) is 5.41 Å². The minimum Gasteiger partial charge on any atom is -0.398 e. The molecule has 1 saturated carbocycles. The molecule has 0 saturated heterocycles. The molecule has 2 N–H and O–H groups in total. The molecule has 0 bridgehead atoms. The standard InChI is InChI=1S/C18H18N4/c1-18(6-2-7-18)15-16(19)13-5-10-21-11-14(13)22-17(15)12-3-8-20-9-4-12/h3-5,8-11H,2,6-7H2,1H3,(H2,19,22). The number of nitrogens with zero attached hydrogens (tertiary/aromatic N) is 3. The molecule has 22 heavy (non-hydrogen) atoms. The van der Waals surface area contributed by atoms with Crippen LogP contribution in [-0.4, -0.2) is 15.0 Å². The monoisotopic (exact) mass is 290 g/mol. The Bertz CT molecular complexity index is 838. The third-order valence-corrected chi connectivity index (χ3v) is 4.84. The first-order valence-electron chi connectivity index (χ1n) is 7.63. The van der Waals surface area contributed by atoms with Gasteiger partial charge in [0.25, 0.3) is 0 Å². The molecule has 0 amide bonds. The molecule has 0 spiro atoms. The van der Waals surface area contributed by atoms with Gasteiger partial charge in [0.15, 0.2) is 0 Å². The van der Waals surface area contributed by atoms with Crippen LogP contribution in [0.3, 0.4) is 0 Å². The van der Waals surface area contributed by atoms with Crippen molar-refractivity contribution >= 4 is 16.6 Å². The smallest absolute Gasteiger partial charge is 0.0913 e. The molecule has 4 rings (SSSR count). The third-order valence-electron chi connectivity index (χ3n) is 4.84. The molecule has 3 aromatic heterocycles. The fourth-order valence-electron chi connectivity index (χ4n) is 3.43. The van der Waals surface area contributed by atoms with E-state index < -0.39 is 0 Å². The molecule has 4 nitrogen and oxygen atoms in total. The number of rotatable bonds is 2. The van der Waals surface area contributed by atoms with Gasteiger partial charge in [-0.1, -0.05) is 13.3 Å². The van der Waals surface area contributed by atoms with Crippen LogP contribution < -0.4 is 5.73 Å². The summed E-state index contributed by atoms with van der Waals surface area (Å²) in [5.74, 6) is 0. The van der Waals surface area contributed by atoms with Gasteiger partial charge in [-0.25, -0.2) is 4.98 Å². The highest BCUT2D eigenvalue weighted by molar-refractivity contribution is 5.95. The van der Waals surface area contributed by atoms with E-state index in [4.69, 9.17) is 10.7 Å². The van der Waals surface area contributed by atoms with Crippen LogP contribution in [0, 0.1) is 0 Å². The Hall–Kier alpha value is -2.49. The van der Waals surface area contributed by atoms with E-state index >= 15 is 0 Å². The van der Waals surface area contributed by atoms with Crippen molar-refractivity contribution in [2.45, 2.75) is 31.6 Å². The second-order valence-electron chi connectivity index (χ2n) is 6.29. The summed E-state index contributed by atoms with van der Waals surface area (Å²) in [7, 11) is 0. The summed E-state index contributed by atoms with van der Waals surface area (Å²) < 4.78 is 0. The van der Waals surface area contributed by atoms with Gasteiger partial charge in [-0.15, -0.1) is 0 Å². The van der Waals surface area contributed by atoms with Gasteiger partial charge in [0, 0.05) is 40.8 Å². The maximum absolute atomic E-state index is 6.57. The summed E-state index contributed by atoms with van der Waals surface area (Å²) in [6.45, 7) is 2.29. The SMILES string of the molecule is CC1(c2c(-c3ccncc3)nc3cnccc3c2N)CCC1. The third kappa shape index (κ3) is 1.87. The van der Waals surface area contributed by atoms with E-state index in [1.807, 2.05) is 18.2 Å². The Kier molecular flexibility index (Phi) is 2.86. The first-order valence-corrected chi connectivity index (χ1v) is 7.63. The Labute approximate surface area is 129 Å². The number of nitrogens with two attached hydrogens (primary N) is 1. The van der Waals surface area contributed by atoms with Gasteiger partial charge in [0.05, 0.1) is 17.4 Å². The lowest BCUT2D eigenvalue weighted by molar-refractivity contribution is 0.273. The molecule has 110 valence electrons. The zero-order valence-corrected chi connectivity index (χ0v) is 12.6. The molecule has 3 aromatic rings. The zero-order chi connectivity index (χ0) is 15.2. The second-order valence-corrected chi connectivity index (χ2v) is 6.29. The van der Waals surface area contributed by atoms with Crippen molar-refractivity contribution in [2.75, 3.05) is 5.73 Å². The number of aromatic nitrogens is 3. The minimum atomic E-state index is 0.118. The van der Waals surface area contributed by atoms with Crippen LogP contribution >= 0.6 is 0 Å². The summed E-state index contributed by atoms with van der Waals surface area (Å²) in [4.78, 5) is 13.2. The van der Waals surface area contributed by atoms with Gasteiger partial charge in [0.1, 0.15) is 0 Å². The van der Waals surface area contributed by atoms with Crippen LogP contribution in [0.1, 0.15) is 31.7 Å². The first-order chi connectivity index (χ1) is 10.7. The fraction of sp³-hybridized carbons (Fsp3) is 0.278. The minimum absolute atomic E-state index is 0.118. The van der Waals surface area contributed by atoms with Crippen molar-refractivity contribution in [1.29, 1.82) is 0 Å². The molecule has 1 aliphatic carbocycles. The number of hydrogen-bond donors (Lipinski definition) is 1. The molecule has 0 atom stereocenters. The van der Waals surface area contributed by atoms with Gasteiger partial charge < -0.3 is 5.73 Å². The van der Waals surface area contributed by atoms with Gasteiger partial charge in [-0.3, -0.25) is 9.97 Å². The topological polar surface area (TPSA) is 64.7 Å². The predicted molar refractivity (Wildman–Crippen MR) is 88.4 cm³/mol. The Morgan fingerprint density at radius 1 is 1.05 bits per heavy atom. The van der Waals surface area contributed by atoms with E-state index in [2.05, 4.69) is 16.9 Å². The second kappa shape index (κ2) is 4.77. The van der Waals surface area contributed by atoms with Crippen molar-refractivity contribution in [1.82, 2.24) is 15.0 Å². The van der Waals surface area contributed by atoms with E-state index in [9.17, 15) is 0 Å². The lowest BCUT2D eigenvalue weighted by atomic mass is 9.64. The number of pyridine rings is 3. The Balaban J connectivity index is 2.07. The average molecular weight is 290 g/mol. The van der Waals surface area contributed by atoms with Crippen LogP contribution in [-0.2, 0) is 5.41 Å². The van der Waals surface area contributed by atoms with Crippen molar-refractivity contribution in [3.05, 3.63) is 48.5 Å². The van der Waals surface area contributed by atoms with Crippen LogP contribution in [0.15, 0.2) is 43.0 Å². The van der Waals surface area contributed by atoms with Gasteiger partial charge in [-0.2, -0.15) is 0 Å². The number of nitrogen functional groups attached to an aromatic ring is 1. The molecular formula is C18H18N4. The molecule has 4 heteroatoms. The van der Waals surface area contributed by atoms with Crippen molar-refractivity contribution in [3.8, 4) is 11.3 Å². The van der Waals surface area contributed by atoms with Gasteiger partial charge in [-0.05, 0) is 36.5 Å². The largest absolute Gasteiger partial charge is 0.398 e. The van der Waals surface area contributed by atoms with Crippen LogP contribution in [0.25, 0.3) is 22.2 Å². The maximum Gasteiger partial charge on any atom is 0.0913 e. The van der Waals surface area contributed by atoms with Crippen LogP contribution in [0.4, 0.5) is 5.69 Å². The fourth-order valence-corrected chi connectivity index (χ4v) is 3.43. The molecule has 0 aliphatic heterocycles. The highest BCUT2D eigenvalue weighted by atomic mass is 14.8. The molecular weight excluding hydrogens is 272 g/mol. The highest BCUT2D eigenvalue weighted by Crippen LogP contribution is 2.49. The summed E-state index contributed by atoms with van der Waals surface area (Å²) >= 11 is 0. The molecule has 1 fully saturated rings. The molecule has 3 heterocycles.